The zero-order valence-corrected chi connectivity index (χ0v) is 15.1. The molecule has 1 aromatic carbocycles. The van der Waals surface area contributed by atoms with Crippen molar-refractivity contribution in [2.45, 2.75) is 11.8 Å². The van der Waals surface area contributed by atoms with Gasteiger partial charge in [-0.2, -0.15) is 5.10 Å². The summed E-state index contributed by atoms with van der Waals surface area (Å²) in [6, 6.07) is 6.19. The zero-order chi connectivity index (χ0) is 15.8. The number of benzene rings is 1. The lowest BCUT2D eigenvalue weighted by Crippen LogP contribution is -2.31. The molecule has 0 bridgehead atoms. The van der Waals surface area contributed by atoms with E-state index >= 15 is 0 Å². The molecule has 0 aliphatic rings. The van der Waals surface area contributed by atoms with Crippen LogP contribution < -0.4 is 4.72 Å². The summed E-state index contributed by atoms with van der Waals surface area (Å²) in [6.07, 6.45) is 0. The topological polar surface area (TPSA) is 81.1 Å². The van der Waals surface area contributed by atoms with Gasteiger partial charge in [0.05, 0.1) is 0 Å². The highest BCUT2D eigenvalue weighted by Crippen LogP contribution is 2.25. The third-order valence-corrected chi connectivity index (χ3v) is 5.57. The number of hydrogen-bond acceptors (Lipinski definition) is 4. The summed E-state index contributed by atoms with van der Waals surface area (Å²) in [5.41, 5.74) is 0.797. The smallest absolute Gasteiger partial charge is 0.272 e. The first-order chi connectivity index (χ1) is 9.70. The average Bonchev–Trinajstić information content (AvgIpc) is 2.72. The Hall–Kier alpha value is -1.19. The molecule has 0 fully saturated rings. The molecule has 0 saturated heterocycles. The standard InChI is InChI=1S/C12H11Br2N3O3S/c1-7-5-10(15-17(7)2)12(18)16-21(19,20)11-6-8(13)3-4-9(11)14/h3-6H,1-2H3,(H,16,18). The van der Waals surface area contributed by atoms with E-state index in [1.165, 1.54) is 16.8 Å². The highest BCUT2D eigenvalue weighted by molar-refractivity contribution is 9.11. The number of halogens is 2. The molecular weight excluding hydrogens is 426 g/mol. The van der Waals surface area contributed by atoms with Gasteiger partial charge in [-0.15, -0.1) is 0 Å². The number of aryl methyl sites for hydroxylation is 2. The van der Waals surface area contributed by atoms with E-state index in [9.17, 15) is 13.2 Å². The van der Waals surface area contributed by atoms with Crippen molar-refractivity contribution >= 4 is 47.8 Å². The molecule has 21 heavy (non-hydrogen) atoms. The molecule has 0 radical (unpaired) electrons. The molecule has 0 saturated carbocycles. The van der Waals surface area contributed by atoms with Gasteiger partial charge in [-0.05, 0) is 47.1 Å². The number of nitrogens with zero attached hydrogens (tertiary/aromatic N) is 2. The molecule has 2 rings (SSSR count). The van der Waals surface area contributed by atoms with Gasteiger partial charge in [0.2, 0.25) is 0 Å². The third kappa shape index (κ3) is 3.53. The Bertz CT molecular complexity index is 796. The number of rotatable bonds is 3. The van der Waals surface area contributed by atoms with Crippen molar-refractivity contribution in [1.29, 1.82) is 0 Å². The Morgan fingerprint density at radius 1 is 1.29 bits per heavy atom. The molecular formula is C12H11Br2N3O3S. The summed E-state index contributed by atoms with van der Waals surface area (Å²) in [5, 5.41) is 3.95. The number of nitrogens with one attached hydrogen (secondary N) is 1. The first-order valence-corrected chi connectivity index (χ1v) is 8.80. The van der Waals surface area contributed by atoms with Gasteiger partial charge in [0.25, 0.3) is 15.9 Å². The Morgan fingerprint density at radius 3 is 2.52 bits per heavy atom. The van der Waals surface area contributed by atoms with Crippen molar-refractivity contribution in [3.63, 3.8) is 0 Å². The molecule has 0 spiro atoms. The Kier molecular flexibility index (Phi) is 4.54. The van der Waals surface area contributed by atoms with E-state index in [0.717, 1.165) is 5.69 Å². The number of carbonyl (C=O) groups is 1. The molecule has 0 unspecified atom stereocenters. The number of amides is 1. The molecule has 1 aromatic heterocycles. The van der Waals surface area contributed by atoms with Gasteiger partial charge in [0, 0.05) is 21.7 Å². The summed E-state index contributed by atoms with van der Waals surface area (Å²) in [7, 11) is -2.32. The largest absolute Gasteiger partial charge is 0.285 e. The van der Waals surface area contributed by atoms with Crippen LogP contribution in [0.5, 0.6) is 0 Å². The average molecular weight is 437 g/mol. The zero-order valence-electron chi connectivity index (χ0n) is 11.1. The van der Waals surface area contributed by atoms with Crippen molar-refractivity contribution in [1.82, 2.24) is 14.5 Å². The minimum absolute atomic E-state index is 0.0297. The van der Waals surface area contributed by atoms with Gasteiger partial charge in [-0.1, -0.05) is 15.9 Å². The molecule has 1 amide bonds. The number of aromatic nitrogens is 2. The highest BCUT2D eigenvalue weighted by Gasteiger charge is 2.23. The second-order valence-electron chi connectivity index (χ2n) is 4.30. The van der Waals surface area contributed by atoms with Gasteiger partial charge >= 0.3 is 0 Å². The second kappa shape index (κ2) is 5.90. The lowest BCUT2D eigenvalue weighted by atomic mass is 10.4. The first kappa shape index (κ1) is 16.2. The van der Waals surface area contributed by atoms with Gasteiger partial charge in [0.1, 0.15) is 4.90 Å². The Balaban J connectivity index is 2.33. The SMILES string of the molecule is Cc1cc(C(=O)NS(=O)(=O)c2cc(Br)ccc2Br)nn1C. The Morgan fingerprint density at radius 2 is 1.95 bits per heavy atom. The monoisotopic (exact) mass is 435 g/mol. The van der Waals surface area contributed by atoms with Crippen molar-refractivity contribution in [2.75, 3.05) is 0 Å². The number of carbonyl (C=O) groups excluding carboxylic acids is 1. The molecule has 1 heterocycles. The summed E-state index contributed by atoms with van der Waals surface area (Å²) in [5.74, 6) is -0.773. The van der Waals surface area contributed by atoms with Gasteiger partial charge in [-0.25, -0.2) is 13.1 Å². The molecule has 0 aliphatic heterocycles. The maximum absolute atomic E-state index is 12.3. The molecule has 9 heteroatoms. The maximum Gasteiger partial charge on any atom is 0.285 e. The number of sulfonamides is 1. The van der Waals surface area contributed by atoms with Crippen LogP contribution in [0.2, 0.25) is 0 Å². The Labute approximate surface area is 138 Å². The molecule has 0 atom stereocenters. The van der Waals surface area contributed by atoms with Crippen LogP contribution in [0.1, 0.15) is 16.2 Å². The van der Waals surface area contributed by atoms with E-state index in [1.54, 1.807) is 26.1 Å². The third-order valence-electron chi connectivity index (χ3n) is 2.76. The van der Waals surface area contributed by atoms with Crippen LogP contribution in [0, 0.1) is 6.92 Å². The van der Waals surface area contributed by atoms with Gasteiger partial charge in [0.15, 0.2) is 5.69 Å². The molecule has 1 N–H and O–H groups in total. The van der Waals surface area contributed by atoms with Crippen molar-refractivity contribution in [3.05, 3.63) is 44.6 Å². The van der Waals surface area contributed by atoms with Crippen LogP contribution in [0.3, 0.4) is 0 Å². The van der Waals surface area contributed by atoms with Crippen LogP contribution >= 0.6 is 31.9 Å². The highest BCUT2D eigenvalue weighted by atomic mass is 79.9. The molecule has 0 aliphatic carbocycles. The van der Waals surface area contributed by atoms with Crippen LogP contribution in [-0.4, -0.2) is 24.1 Å². The quantitative estimate of drug-likeness (QED) is 0.800. The summed E-state index contributed by atoms with van der Waals surface area (Å²) < 4.78 is 29.0. The second-order valence-corrected chi connectivity index (χ2v) is 7.72. The van der Waals surface area contributed by atoms with E-state index < -0.39 is 15.9 Å². The fraction of sp³-hybridized carbons (Fsp3) is 0.167. The molecule has 6 nitrogen and oxygen atoms in total. The normalized spacial score (nSPS) is 11.4. The maximum atomic E-state index is 12.3. The van der Waals surface area contributed by atoms with E-state index in [1.807, 2.05) is 4.72 Å². The number of hydrogen-bond donors (Lipinski definition) is 1. The summed E-state index contributed by atoms with van der Waals surface area (Å²) in [6.45, 7) is 1.77. The lowest BCUT2D eigenvalue weighted by Gasteiger charge is -2.08. The molecule has 2 aromatic rings. The van der Waals surface area contributed by atoms with Gasteiger partial charge < -0.3 is 0 Å². The summed E-state index contributed by atoms with van der Waals surface area (Å²) >= 11 is 6.36. The van der Waals surface area contributed by atoms with Crippen LogP contribution in [0.25, 0.3) is 0 Å². The van der Waals surface area contributed by atoms with E-state index in [-0.39, 0.29) is 10.6 Å². The van der Waals surface area contributed by atoms with Crippen LogP contribution in [-0.2, 0) is 17.1 Å². The van der Waals surface area contributed by atoms with Crippen LogP contribution in [0.4, 0.5) is 0 Å². The summed E-state index contributed by atoms with van der Waals surface area (Å²) in [4.78, 5) is 12.0. The van der Waals surface area contributed by atoms with E-state index in [2.05, 4.69) is 37.0 Å². The fourth-order valence-corrected chi connectivity index (χ4v) is 4.05. The lowest BCUT2D eigenvalue weighted by molar-refractivity contribution is 0.0976. The van der Waals surface area contributed by atoms with E-state index in [4.69, 9.17) is 0 Å². The minimum atomic E-state index is -3.99. The van der Waals surface area contributed by atoms with Crippen molar-refractivity contribution in [2.24, 2.45) is 7.05 Å². The van der Waals surface area contributed by atoms with Crippen molar-refractivity contribution < 1.29 is 13.2 Å². The fourth-order valence-electron chi connectivity index (χ4n) is 1.58. The minimum Gasteiger partial charge on any atom is -0.272 e. The van der Waals surface area contributed by atoms with Gasteiger partial charge in [-0.3, -0.25) is 9.48 Å². The van der Waals surface area contributed by atoms with Crippen LogP contribution in [0.15, 0.2) is 38.1 Å². The predicted molar refractivity (Wildman–Crippen MR) is 84.4 cm³/mol. The van der Waals surface area contributed by atoms with E-state index in [0.29, 0.717) is 8.95 Å². The molecule has 112 valence electrons. The van der Waals surface area contributed by atoms with Crippen molar-refractivity contribution in [3.8, 4) is 0 Å². The first-order valence-electron chi connectivity index (χ1n) is 5.73. The predicted octanol–water partition coefficient (Wildman–Crippen LogP) is 2.37.